The molecule has 5 rings (SSSR count). The van der Waals surface area contributed by atoms with E-state index in [1.54, 1.807) is 18.2 Å². The highest BCUT2D eigenvalue weighted by molar-refractivity contribution is 6.00. The van der Waals surface area contributed by atoms with Crippen molar-refractivity contribution in [1.82, 2.24) is 4.90 Å². The summed E-state index contributed by atoms with van der Waals surface area (Å²) in [5, 5.41) is 9.52. The molecule has 3 aromatic rings. The van der Waals surface area contributed by atoms with Crippen LogP contribution in [0.1, 0.15) is 69.4 Å². The first-order chi connectivity index (χ1) is 18.8. The molecule has 0 aromatic heterocycles. The minimum atomic E-state index is -2.76. The molecule has 1 fully saturated rings. The number of alkyl halides is 3. The number of rotatable bonds is 9. The lowest BCUT2D eigenvalue weighted by Crippen LogP contribution is -2.47. The van der Waals surface area contributed by atoms with Gasteiger partial charge in [-0.1, -0.05) is 42.5 Å². The maximum absolute atomic E-state index is 15.3. The fourth-order valence-electron chi connectivity index (χ4n) is 5.84. The van der Waals surface area contributed by atoms with E-state index in [1.807, 2.05) is 12.1 Å². The maximum atomic E-state index is 15.3. The number of hydrogen-bond donors (Lipinski definition) is 1. The van der Waals surface area contributed by atoms with E-state index >= 15 is 4.39 Å². The van der Waals surface area contributed by atoms with Gasteiger partial charge in [-0.3, -0.25) is 4.39 Å². The molecule has 3 nitrogen and oxygen atoms in total. The molecule has 1 aliphatic carbocycles. The molecule has 0 spiro atoms. The predicted molar refractivity (Wildman–Crippen MR) is 152 cm³/mol. The molecule has 212 valence electrons. The lowest BCUT2D eigenvalue weighted by Gasteiger charge is -2.39. The van der Waals surface area contributed by atoms with Crippen LogP contribution in [0.3, 0.4) is 0 Å². The number of carboxylic acids is 1. The molecular formula is C32H32ClF4NO2. The van der Waals surface area contributed by atoms with Crippen LogP contribution in [0.15, 0.2) is 60.7 Å². The van der Waals surface area contributed by atoms with E-state index in [1.165, 1.54) is 17.7 Å². The van der Waals surface area contributed by atoms with Crippen molar-refractivity contribution >= 4 is 29.5 Å². The average Bonchev–Trinajstić information content (AvgIpc) is 3.09. The van der Waals surface area contributed by atoms with Gasteiger partial charge in [0.25, 0.3) is 6.43 Å². The Labute approximate surface area is 237 Å². The van der Waals surface area contributed by atoms with Gasteiger partial charge in [0.2, 0.25) is 0 Å². The van der Waals surface area contributed by atoms with Gasteiger partial charge in [-0.05, 0) is 89.6 Å². The van der Waals surface area contributed by atoms with Crippen LogP contribution in [-0.4, -0.2) is 42.3 Å². The molecule has 2 aliphatic rings. The first-order valence-corrected chi connectivity index (χ1v) is 13.4. The summed E-state index contributed by atoms with van der Waals surface area (Å²) in [5.74, 6) is -1.17. The standard InChI is InChI=1S/C32H31F4NO2.ClH/c33-13-2-14-37-18-21(19-37)15-20-5-7-22(8-6-20)30-26-11-10-25(32(38)39)16-23(26)3-1-4-28(30)27-12-9-24(31(35)36)17-29(27)34;/h5-12,16-17,21,31H,1-4,13-15,18-19H2,(H,38,39);1H. The normalized spacial score (nSPS) is 15.8. The van der Waals surface area contributed by atoms with Crippen molar-refractivity contribution in [1.29, 1.82) is 0 Å². The number of aryl methyl sites for hydroxylation is 1. The first kappa shape index (κ1) is 29.8. The summed E-state index contributed by atoms with van der Waals surface area (Å²) in [6.45, 7) is 2.43. The second-order valence-electron chi connectivity index (χ2n) is 10.5. The molecular weight excluding hydrogens is 542 g/mol. The molecule has 8 heteroatoms. The van der Waals surface area contributed by atoms with Crippen LogP contribution in [0.5, 0.6) is 0 Å². The van der Waals surface area contributed by atoms with Gasteiger partial charge in [0.1, 0.15) is 5.82 Å². The molecule has 0 amide bonds. The third-order valence-corrected chi connectivity index (χ3v) is 7.77. The second-order valence-corrected chi connectivity index (χ2v) is 10.5. The van der Waals surface area contributed by atoms with E-state index in [0.29, 0.717) is 31.6 Å². The highest BCUT2D eigenvalue weighted by atomic mass is 35.5. The van der Waals surface area contributed by atoms with Crippen molar-refractivity contribution in [3.05, 3.63) is 105 Å². The van der Waals surface area contributed by atoms with E-state index in [9.17, 15) is 23.1 Å². The molecule has 0 unspecified atom stereocenters. The van der Waals surface area contributed by atoms with Crippen molar-refractivity contribution in [2.45, 2.75) is 38.5 Å². The topological polar surface area (TPSA) is 40.5 Å². The van der Waals surface area contributed by atoms with Gasteiger partial charge in [0.15, 0.2) is 0 Å². The smallest absolute Gasteiger partial charge is 0.335 e. The summed E-state index contributed by atoms with van der Waals surface area (Å²) in [6, 6.07) is 16.8. The van der Waals surface area contributed by atoms with Gasteiger partial charge in [0.05, 0.1) is 12.2 Å². The summed E-state index contributed by atoms with van der Waals surface area (Å²) in [5.41, 5.74) is 5.41. The highest BCUT2D eigenvalue weighted by Crippen LogP contribution is 2.41. The van der Waals surface area contributed by atoms with Crippen LogP contribution in [0.4, 0.5) is 17.6 Å². The van der Waals surface area contributed by atoms with Gasteiger partial charge in [-0.25, -0.2) is 18.0 Å². The third-order valence-electron chi connectivity index (χ3n) is 7.77. The van der Waals surface area contributed by atoms with E-state index < -0.39 is 18.2 Å². The van der Waals surface area contributed by atoms with Gasteiger partial charge in [0, 0.05) is 30.8 Å². The molecule has 1 aliphatic heterocycles. The van der Waals surface area contributed by atoms with E-state index in [2.05, 4.69) is 17.0 Å². The van der Waals surface area contributed by atoms with Gasteiger partial charge < -0.3 is 10.0 Å². The zero-order valence-electron chi connectivity index (χ0n) is 22.0. The number of aromatic carboxylic acids is 1. The number of hydrogen-bond acceptors (Lipinski definition) is 2. The zero-order valence-corrected chi connectivity index (χ0v) is 22.8. The number of nitrogens with zero attached hydrogens (tertiary/aromatic N) is 1. The summed E-state index contributed by atoms with van der Waals surface area (Å²) in [7, 11) is 0. The minimum absolute atomic E-state index is 0. The number of benzene rings is 3. The molecule has 40 heavy (non-hydrogen) atoms. The summed E-state index contributed by atoms with van der Waals surface area (Å²) in [4.78, 5) is 13.9. The Kier molecular flexibility index (Phi) is 9.69. The van der Waals surface area contributed by atoms with Crippen molar-refractivity contribution in [2.24, 2.45) is 5.92 Å². The number of fused-ring (bicyclic) bond motifs is 1. The van der Waals surface area contributed by atoms with Crippen molar-refractivity contribution in [3.63, 3.8) is 0 Å². The Bertz CT molecular complexity index is 1380. The predicted octanol–water partition coefficient (Wildman–Crippen LogP) is 8.01. The van der Waals surface area contributed by atoms with Crippen LogP contribution >= 0.6 is 12.4 Å². The number of likely N-dealkylation sites (tertiary alicyclic amines) is 1. The fraction of sp³-hybridized carbons (Fsp3) is 0.344. The third kappa shape index (κ3) is 6.42. The first-order valence-electron chi connectivity index (χ1n) is 13.4. The van der Waals surface area contributed by atoms with Crippen molar-refractivity contribution in [2.75, 3.05) is 26.3 Å². The Balaban J connectivity index is 0.00000370. The minimum Gasteiger partial charge on any atom is -0.478 e. The van der Waals surface area contributed by atoms with E-state index in [-0.39, 0.29) is 35.8 Å². The van der Waals surface area contributed by atoms with Gasteiger partial charge >= 0.3 is 5.97 Å². The van der Waals surface area contributed by atoms with Crippen LogP contribution in [0.25, 0.3) is 11.1 Å². The molecule has 1 heterocycles. The fourth-order valence-corrected chi connectivity index (χ4v) is 5.84. The Morgan fingerprint density at radius 2 is 1.70 bits per heavy atom. The number of halogens is 5. The second kappa shape index (κ2) is 13.0. The molecule has 3 aromatic carbocycles. The average molecular weight is 574 g/mol. The molecule has 0 radical (unpaired) electrons. The Morgan fingerprint density at radius 3 is 2.35 bits per heavy atom. The SMILES string of the molecule is Cl.O=C(O)c1ccc2c(c1)CCCC(c1ccc(C(F)F)cc1F)=C2c1ccc(CC2CN(CCCF)C2)cc1. The molecule has 0 atom stereocenters. The highest BCUT2D eigenvalue weighted by Gasteiger charge is 2.27. The number of carboxylic acid groups (broad SMARTS) is 1. The van der Waals surface area contributed by atoms with Crippen LogP contribution in [0, 0.1) is 11.7 Å². The Morgan fingerprint density at radius 1 is 0.975 bits per heavy atom. The molecule has 1 saturated heterocycles. The maximum Gasteiger partial charge on any atom is 0.335 e. The molecule has 0 saturated carbocycles. The quantitative estimate of drug-likeness (QED) is 0.264. The Hall–Kier alpha value is -3.16. The van der Waals surface area contributed by atoms with Gasteiger partial charge in [-0.2, -0.15) is 0 Å². The summed E-state index contributed by atoms with van der Waals surface area (Å²) in [6.07, 6.45) is 0.545. The zero-order chi connectivity index (χ0) is 27.5. The van der Waals surface area contributed by atoms with E-state index in [0.717, 1.165) is 60.0 Å². The van der Waals surface area contributed by atoms with Crippen LogP contribution < -0.4 is 0 Å². The van der Waals surface area contributed by atoms with Crippen molar-refractivity contribution in [3.8, 4) is 0 Å². The van der Waals surface area contributed by atoms with Crippen LogP contribution in [0.2, 0.25) is 0 Å². The van der Waals surface area contributed by atoms with E-state index in [4.69, 9.17) is 0 Å². The molecule has 1 N–H and O–H groups in total. The lowest BCUT2D eigenvalue weighted by atomic mass is 9.86. The van der Waals surface area contributed by atoms with Gasteiger partial charge in [-0.15, -0.1) is 12.4 Å². The summed E-state index contributed by atoms with van der Waals surface area (Å²) < 4.78 is 54.1. The lowest BCUT2D eigenvalue weighted by molar-refractivity contribution is 0.0696. The monoisotopic (exact) mass is 573 g/mol. The summed E-state index contributed by atoms with van der Waals surface area (Å²) >= 11 is 0. The van der Waals surface area contributed by atoms with Crippen molar-refractivity contribution < 1.29 is 27.5 Å². The number of carbonyl (C=O) groups is 1. The number of allylic oxidation sites excluding steroid dienone is 1. The molecule has 0 bridgehead atoms. The van der Waals surface area contributed by atoms with Crippen LogP contribution in [-0.2, 0) is 12.8 Å². The largest absolute Gasteiger partial charge is 0.478 e.